The third-order valence-corrected chi connectivity index (χ3v) is 8.37. The van der Waals surface area contributed by atoms with E-state index in [2.05, 4.69) is 15.3 Å². The highest BCUT2D eigenvalue weighted by atomic mass is 32.2. The molecule has 12 heteroatoms. The Morgan fingerprint density at radius 1 is 1.26 bits per heavy atom. The maximum absolute atomic E-state index is 12.5. The maximum Gasteiger partial charge on any atom is 0.355 e. The number of carboxylic acid groups (broad SMARTS) is 1. The standard InChI is InChI=1S/C19H22N6O4S2/c1-10(26)24-4-2-12(8-24)20-16-15-13(3-5-31(15)29)22-19(23-16)25-6-11(7-25)17-21-14(9-30-17)18(27)28/h9,11-12H,2-8H2,1H3,(H,27,28)(H,20,22,23)/t12-,31?/m0/s1. The number of carboxylic acids is 1. The summed E-state index contributed by atoms with van der Waals surface area (Å²) >= 11 is 1.36. The lowest BCUT2D eigenvalue weighted by atomic mass is 10.0. The van der Waals surface area contributed by atoms with Crippen LogP contribution in [-0.2, 0) is 22.0 Å². The van der Waals surface area contributed by atoms with Crippen molar-refractivity contribution in [3.05, 3.63) is 21.8 Å². The normalized spacial score (nSPS) is 23.0. The Hall–Kier alpha value is -2.60. The van der Waals surface area contributed by atoms with Crippen LogP contribution in [0.15, 0.2) is 10.3 Å². The van der Waals surface area contributed by atoms with Crippen molar-refractivity contribution < 1.29 is 18.9 Å². The van der Waals surface area contributed by atoms with Gasteiger partial charge in [0.2, 0.25) is 11.9 Å². The molecule has 3 aliphatic rings. The summed E-state index contributed by atoms with van der Waals surface area (Å²) in [5, 5.41) is 14.9. The second-order valence-electron chi connectivity index (χ2n) is 8.02. The lowest BCUT2D eigenvalue weighted by molar-refractivity contribution is -0.127. The van der Waals surface area contributed by atoms with Gasteiger partial charge in [-0.3, -0.25) is 9.00 Å². The quantitative estimate of drug-likeness (QED) is 0.667. The van der Waals surface area contributed by atoms with Crippen molar-refractivity contribution in [2.75, 3.05) is 42.1 Å². The Kier molecular flexibility index (Phi) is 5.13. The van der Waals surface area contributed by atoms with Crippen LogP contribution in [0.2, 0.25) is 0 Å². The van der Waals surface area contributed by atoms with Gasteiger partial charge in [0.15, 0.2) is 5.69 Å². The van der Waals surface area contributed by atoms with Crippen LogP contribution < -0.4 is 10.2 Å². The van der Waals surface area contributed by atoms with Gasteiger partial charge in [0.05, 0.1) is 16.5 Å². The predicted molar refractivity (Wildman–Crippen MR) is 115 cm³/mol. The number of nitrogens with one attached hydrogen (secondary N) is 1. The molecular formula is C19H22N6O4S2. The Morgan fingerprint density at radius 3 is 2.74 bits per heavy atom. The first-order chi connectivity index (χ1) is 14.9. The largest absolute Gasteiger partial charge is 0.476 e. The predicted octanol–water partition coefficient (Wildman–Crippen LogP) is 0.932. The number of aryl methyl sites for hydroxylation is 1. The average molecular weight is 463 g/mol. The van der Waals surface area contributed by atoms with Gasteiger partial charge in [-0.2, -0.15) is 4.98 Å². The molecule has 2 saturated heterocycles. The fraction of sp³-hybridized carbons (Fsp3) is 0.526. The molecule has 0 aromatic carbocycles. The van der Waals surface area contributed by atoms with Crippen LogP contribution in [0.4, 0.5) is 11.8 Å². The van der Waals surface area contributed by atoms with E-state index in [1.54, 1.807) is 17.2 Å². The number of nitrogens with zero attached hydrogens (tertiary/aromatic N) is 5. The van der Waals surface area contributed by atoms with Gasteiger partial charge < -0.3 is 20.2 Å². The van der Waals surface area contributed by atoms with E-state index in [0.29, 0.717) is 55.0 Å². The van der Waals surface area contributed by atoms with Gasteiger partial charge in [0, 0.05) is 62.6 Å². The molecule has 5 heterocycles. The van der Waals surface area contributed by atoms with Crippen LogP contribution in [0.1, 0.15) is 40.5 Å². The molecule has 3 aliphatic heterocycles. The minimum atomic E-state index is -1.12. The van der Waals surface area contributed by atoms with E-state index in [1.807, 2.05) is 4.90 Å². The third-order valence-electron chi connectivity index (χ3n) is 5.90. The van der Waals surface area contributed by atoms with Crippen molar-refractivity contribution in [2.45, 2.75) is 36.6 Å². The number of aromatic nitrogens is 3. The van der Waals surface area contributed by atoms with Crippen LogP contribution in [0.3, 0.4) is 0 Å². The molecule has 0 bridgehead atoms. The summed E-state index contributed by atoms with van der Waals surface area (Å²) in [5.41, 5.74) is 0.899. The molecule has 0 radical (unpaired) electrons. The van der Waals surface area contributed by atoms with Gasteiger partial charge in [-0.1, -0.05) is 0 Å². The number of amides is 1. The minimum Gasteiger partial charge on any atom is -0.476 e. The molecule has 2 fully saturated rings. The van der Waals surface area contributed by atoms with Crippen molar-refractivity contribution in [3.8, 4) is 0 Å². The molecule has 2 N–H and O–H groups in total. The van der Waals surface area contributed by atoms with Gasteiger partial charge in [-0.05, 0) is 6.42 Å². The van der Waals surface area contributed by atoms with Crippen LogP contribution >= 0.6 is 11.3 Å². The van der Waals surface area contributed by atoms with Crippen LogP contribution in [-0.4, -0.2) is 79.0 Å². The Balaban J connectivity index is 1.33. The molecule has 1 amide bonds. The number of anilines is 2. The average Bonchev–Trinajstić information content (AvgIpc) is 3.41. The zero-order valence-corrected chi connectivity index (χ0v) is 18.5. The summed E-state index contributed by atoms with van der Waals surface area (Å²) in [5.74, 6) is 0.942. The molecule has 1 unspecified atom stereocenters. The Bertz CT molecular complexity index is 1080. The molecule has 0 aliphatic carbocycles. The molecule has 2 aromatic heterocycles. The minimum absolute atomic E-state index is 0.0568. The third kappa shape index (κ3) is 3.78. The molecular weight excluding hydrogens is 440 g/mol. The van der Waals surface area contributed by atoms with Crippen LogP contribution in [0.5, 0.6) is 0 Å². The number of hydrogen-bond donors (Lipinski definition) is 2. The van der Waals surface area contributed by atoms with E-state index >= 15 is 0 Å². The zero-order valence-electron chi connectivity index (χ0n) is 16.9. The monoisotopic (exact) mass is 462 g/mol. The molecule has 0 saturated carbocycles. The summed E-state index contributed by atoms with van der Waals surface area (Å²) in [6, 6.07) is 0.0715. The van der Waals surface area contributed by atoms with Gasteiger partial charge in [-0.15, -0.1) is 11.3 Å². The summed E-state index contributed by atoms with van der Waals surface area (Å²) in [4.78, 5) is 40.8. The molecule has 2 aromatic rings. The number of carbonyl (C=O) groups excluding carboxylic acids is 1. The second-order valence-corrected chi connectivity index (χ2v) is 10.4. The van der Waals surface area contributed by atoms with Gasteiger partial charge in [0.1, 0.15) is 15.7 Å². The SMILES string of the molecule is CC(=O)N1CC[C@H](Nc2nc(N3CC(c4nc(C(=O)O)cs4)C3)nc3c2S(=O)CC3)C1. The highest BCUT2D eigenvalue weighted by molar-refractivity contribution is 7.85. The van der Waals surface area contributed by atoms with Gasteiger partial charge in [0.25, 0.3) is 0 Å². The molecule has 0 spiro atoms. The van der Waals surface area contributed by atoms with Crippen molar-refractivity contribution in [1.82, 2.24) is 19.9 Å². The van der Waals surface area contributed by atoms with Gasteiger partial charge in [-0.25, -0.2) is 14.8 Å². The molecule has 164 valence electrons. The molecule has 31 heavy (non-hydrogen) atoms. The van der Waals surface area contributed by atoms with E-state index in [9.17, 15) is 13.8 Å². The van der Waals surface area contributed by atoms with E-state index in [-0.39, 0.29) is 23.6 Å². The first-order valence-electron chi connectivity index (χ1n) is 10.1. The number of hydrogen-bond acceptors (Lipinski definition) is 9. The highest BCUT2D eigenvalue weighted by Crippen LogP contribution is 2.35. The molecule has 10 nitrogen and oxygen atoms in total. The fourth-order valence-electron chi connectivity index (χ4n) is 4.15. The molecule has 2 atom stereocenters. The fourth-order valence-corrected chi connectivity index (χ4v) is 6.34. The van der Waals surface area contributed by atoms with Crippen LogP contribution in [0.25, 0.3) is 0 Å². The van der Waals surface area contributed by atoms with E-state index in [1.165, 1.54) is 11.3 Å². The first kappa shape index (κ1) is 20.3. The van der Waals surface area contributed by atoms with E-state index < -0.39 is 16.8 Å². The number of thiazole rings is 1. The van der Waals surface area contributed by atoms with Gasteiger partial charge >= 0.3 is 5.97 Å². The number of likely N-dealkylation sites (tertiary alicyclic amines) is 1. The number of fused-ring (bicyclic) bond motifs is 1. The lowest BCUT2D eigenvalue weighted by Crippen LogP contribution is -2.46. The van der Waals surface area contributed by atoms with E-state index in [4.69, 9.17) is 10.1 Å². The first-order valence-corrected chi connectivity index (χ1v) is 12.3. The number of carbonyl (C=O) groups is 2. The number of aromatic carboxylic acids is 1. The van der Waals surface area contributed by atoms with E-state index in [0.717, 1.165) is 17.1 Å². The van der Waals surface area contributed by atoms with Crippen molar-refractivity contribution in [3.63, 3.8) is 0 Å². The second kappa shape index (κ2) is 7.83. The Morgan fingerprint density at radius 2 is 2.06 bits per heavy atom. The van der Waals surface area contributed by atoms with Crippen molar-refractivity contribution >= 4 is 45.8 Å². The summed E-state index contributed by atoms with van der Waals surface area (Å²) in [6.45, 7) is 4.21. The Labute approximate surface area is 185 Å². The van der Waals surface area contributed by atoms with Crippen LogP contribution in [0, 0.1) is 0 Å². The summed E-state index contributed by atoms with van der Waals surface area (Å²) in [6.07, 6.45) is 1.48. The van der Waals surface area contributed by atoms with Crippen molar-refractivity contribution in [1.29, 1.82) is 0 Å². The highest BCUT2D eigenvalue weighted by Gasteiger charge is 2.35. The smallest absolute Gasteiger partial charge is 0.355 e. The zero-order chi connectivity index (χ0) is 21.7. The maximum atomic E-state index is 12.5. The number of rotatable bonds is 5. The lowest BCUT2D eigenvalue weighted by Gasteiger charge is -2.38. The summed E-state index contributed by atoms with van der Waals surface area (Å²) < 4.78 is 12.5. The summed E-state index contributed by atoms with van der Waals surface area (Å²) in [7, 11) is -1.12. The van der Waals surface area contributed by atoms with Crippen molar-refractivity contribution in [2.24, 2.45) is 0 Å². The molecule has 5 rings (SSSR count). The topological polar surface area (TPSA) is 129 Å².